The second-order valence-corrected chi connectivity index (χ2v) is 6.54. The van der Waals surface area contributed by atoms with Gasteiger partial charge in [-0.3, -0.25) is 4.79 Å². The van der Waals surface area contributed by atoms with Gasteiger partial charge in [-0.1, -0.05) is 39.8 Å². The summed E-state index contributed by atoms with van der Waals surface area (Å²) in [7, 11) is 3.51. The molecule has 4 nitrogen and oxygen atoms in total. The highest BCUT2D eigenvalue weighted by Gasteiger charge is 2.29. The van der Waals surface area contributed by atoms with E-state index in [9.17, 15) is 4.79 Å². The van der Waals surface area contributed by atoms with E-state index >= 15 is 0 Å². The zero-order chi connectivity index (χ0) is 16.0. The van der Waals surface area contributed by atoms with Gasteiger partial charge in [0.2, 0.25) is 5.91 Å². The Kier molecular flexibility index (Phi) is 6.21. The molecule has 0 bridgehead atoms. The van der Waals surface area contributed by atoms with Gasteiger partial charge in [0.25, 0.3) is 0 Å². The Balaban J connectivity index is 2.99. The van der Waals surface area contributed by atoms with E-state index in [0.29, 0.717) is 6.54 Å². The van der Waals surface area contributed by atoms with E-state index < -0.39 is 0 Å². The minimum atomic E-state index is -0.0820. The van der Waals surface area contributed by atoms with Gasteiger partial charge in [-0.15, -0.1) is 0 Å². The van der Waals surface area contributed by atoms with Crippen LogP contribution in [-0.4, -0.2) is 26.6 Å². The molecule has 0 saturated heterocycles. The van der Waals surface area contributed by atoms with E-state index in [2.05, 4.69) is 31.4 Å². The van der Waals surface area contributed by atoms with Gasteiger partial charge in [-0.2, -0.15) is 0 Å². The van der Waals surface area contributed by atoms with Crippen LogP contribution in [0.15, 0.2) is 24.3 Å². The van der Waals surface area contributed by atoms with Crippen LogP contribution in [0, 0.1) is 11.3 Å². The summed E-state index contributed by atoms with van der Waals surface area (Å²) in [6, 6.07) is 7.82. The van der Waals surface area contributed by atoms with Crippen LogP contribution in [0.1, 0.15) is 39.3 Å². The molecule has 2 N–H and O–H groups in total. The molecule has 0 aromatic heterocycles. The summed E-state index contributed by atoms with van der Waals surface area (Å²) < 4.78 is 5.29. The monoisotopic (exact) mass is 292 g/mol. The van der Waals surface area contributed by atoms with Crippen molar-refractivity contribution in [2.45, 2.75) is 33.7 Å². The number of hydrogen-bond acceptors (Lipinski definition) is 3. The van der Waals surface area contributed by atoms with Crippen molar-refractivity contribution in [1.82, 2.24) is 10.6 Å². The van der Waals surface area contributed by atoms with Crippen molar-refractivity contribution < 1.29 is 9.53 Å². The van der Waals surface area contributed by atoms with E-state index in [-0.39, 0.29) is 23.3 Å². The second-order valence-electron chi connectivity index (χ2n) is 6.54. The number of rotatable bonds is 6. The molecule has 0 aliphatic heterocycles. The molecule has 0 aliphatic rings. The van der Waals surface area contributed by atoms with Crippen molar-refractivity contribution in [2.75, 3.05) is 20.7 Å². The molecular weight excluding hydrogens is 264 g/mol. The highest BCUT2D eigenvalue weighted by atomic mass is 16.5. The van der Waals surface area contributed by atoms with Crippen LogP contribution in [0.2, 0.25) is 0 Å². The third-order valence-corrected chi connectivity index (χ3v) is 3.54. The average molecular weight is 292 g/mol. The fourth-order valence-corrected chi connectivity index (χ4v) is 2.30. The first-order valence-corrected chi connectivity index (χ1v) is 7.38. The van der Waals surface area contributed by atoms with Gasteiger partial charge in [0, 0.05) is 12.5 Å². The third-order valence-electron chi connectivity index (χ3n) is 3.54. The predicted molar refractivity (Wildman–Crippen MR) is 86.4 cm³/mol. The molecule has 0 radical (unpaired) electrons. The summed E-state index contributed by atoms with van der Waals surface area (Å²) in [5.41, 5.74) is 0.980. The molecule has 4 heteroatoms. The molecule has 1 rings (SSSR count). The van der Waals surface area contributed by atoms with Crippen LogP contribution < -0.4 is 15.4 Å². The smallest absolute Gasteiger partial charge is 0.224 e. The van der Waals surface area contributed by atoms with Crippen molar-refractivity contribution in [3.63, 3.8) is 0 Å². The van der Waals surface area contributed by atoms with Gasteiger partial charge in [-0.25, -0.2) is 0 Å². The molecule has 118 valence electrons. The summed E-state index contributed by atoms with van der Waals surface area (Å²) in [5.74, 6) is 0.803. The minimum Gasteiger partial charge on any atom is -0.497 e. The number of carbonyl (C=O) groups excluding carboxylic acids is 1. The first kappa shape index (κ1) is 17.5. The van der Waals surface area contributed by atoms with Gasteiger partial charge in [0.1, 0.15) is 5.75 Å². The van der Waals surface area contributed by atoms with E-state index in [0.717, 1.165) is 11.3 Å². The lowest BCUT2D eigenvalue weighted by molar-refractivity contribution is -0.125. The second kappa shape index (κ2) is 7.46. The fourth-order valence-electron chi connectivity index (χ4n) is 2.30. The number of nitrogens with one attached hydrogen (secondary N) is 2. The van der Waals surface area contributed by atoms with Gasteiger partial charge >= 0.3 is 0 Å². The molecular formula is C17H28N2O2. The minimum absolute atomic E-state index is 0.0561. The molecule has 2 atom stereocenters. The van der Waals surface area contributed by atoms with E-state index in [1.165, 1.54) is 0 Å². The molecule has 0 spiro atoms. The van der Waals surface area contributed by atoms with Crippen molar-refractivity contribution in [3.8, 4) is 5.75 Å². The maximum atomic E-state index is 12.3. The predicted octanol–water partition coefficient (Wildman–Crippen LogP) is 2.75. The summed E-state index contributed by atoms with van der Waals surface area (Å²) in [4.78, 5) is 12.3. The third kappa shape index (κ3) is 5.05. The number of methoxy groups -OCH3 is 1. The van der Waals surface area contributed by atoms with Crippen molar-refractivity contribution in [2.24, 2.45) is 11.3 Å². The first-order valence-electron chi connectivity index (χ1n) is 7.38. The molecule has 0 aliphatic carbocycles. The Morgan fingerprint density at radius 3 is 2.52 bits per heavy atom. The van der Waals surface area contributed by atoms with E-state index in [4.69, 9.17) is 4.74 Å². The zero-order valence-corrected chi connectivity index (χ0v) is 14.0. The van der Waals surface area contributed by atoms with Crippen molar-refractivity contribution >= 4 is 5.91 Å². The Labute approximate surface area is 128 Å². The quantitative estimate of drug-likeness (QED) is 0.847. The molecule has 21 heavy (non-hydrogen) atoms. The molecule has 0 heterocycles. The zero-order valence-electron chi connectivity index (χ0n) is 14.0. The SMILES string of the molecule is CNC[C@H](C)C(=O)N[C@H](c1cccc(OC)c1)C(C)(C)C. The standard InChI is InChI=1S/C17H28N2O2/c1-12(11-18-5)16(20)19-15(17(2,3)4)13-8-7-9-14(10-13)21-6/h7-10,12,15,18H,11H2,1-6H3,(H,19,20)/t12-,15+/m0/s1. The number of hydrogen-bond donors (Lipinski definition) is 2. The molecule has 1 amide bonds. The Hall–Kier alpha value is -1.55. The van der Waals surface area contributed by atoms with Crippen LogP contribution in [0.3, 0.4) is 0 Å². The lowest BCUT2D eigenvalue weighted by Crippen LogP contribution is -2.41. The average Bonchev–Trinajstić information content (AvgIpc) is 2.43. The Morgan fingerprint density at radius 2 is 2.00 bits per heavy atom. The van der Waals surface area contributed by atoms with Gasteiger partial charge < -0.3 is 15.4 Å². The summed E-state index contributed by atoms with van der Waals surface area (Å²) in [5, 5.41) is 6.21. The normalized spacial score (nSPS) is 14.4. The van der Waals surface area contributed by atoms with Crippen molar-refractivity contribution in [3.05, 3.63) is 29.8 Å². The highest BCUT2D eigenvalue weighted by Crippen LogP contribution is 2.34. The summed E-state index contributed by atoms with van der Waals surface area (Å²) in [6.07, 6.45) is 0. The lowest BCUT2D eigenvalue weighted by atomic mass is 9.82. The van der Waals surface area contributed by atoms with Crippen molar-refractivity contribution in [1.29, 1.82) is 0 Å². The largest absolute Gasteiger partial charge is 0.497 e. The number of benzene rings is 1. The molecule has 0 fully saturated rings. The molecule has 0 saturated carbocycles. The molecule has 0 unspecified atom stereocenters. The highest BCUT2D eigenvalue weighted by molar-refractivity contribution is 5.79. The van der Waals surface area contributed by atoms with Crippen LogP contribution in [0.5, 0.6) is 5.75 Å². The van der Waals surface area contributed by atoms with Crippen LogP contribution in [-0.2, 0) is 4.79 Å². The summed E-state index contributed by atoms with van der Waals surface area (Å²) >= 11 is 0. The van der Waals surface area contributed by atoms with Crippen LogP contribution in [0.25, 0.3) is 0 Å². The Bertz CT molecular complexity index is 466. The summed E-state index contributed by atoms with van der Waals surface area (Å²) in [6.45, 7) is 8.97. The topological polar surface area (TPSA) is 50.4 Å². The number of amides is 1. The van der Waals surface area contributed by atoms with Crippen LogP contribution in [0.4, 0.5) is 0 Å². The number of ether oxygens (including phenoxy) is 1. The maximum absolute atomic E-state index is 12.3. The lowest BCUT2D eigenvalue weighted by Gasteiger charge is -2.33. The van der Waals surface area contributed by atoms with Gasteiger partial charge in [0.15, 0.2) is 0 Å². The van der Waals surface area contributed by atoms with Gasteiger partial charge in [0.05, 0.1) is 13.2 Å². The Morgan fingerprint density at radius 1 is 1.33 bits per heavy atom. The van der Waals surface area contributed by atoms with Crippen LogP contribution >= 0.6 is 0 Å². The number of carbonyl (C=O) groups is 1. The first-order chi connectivity index (χ1) is 9.79. The van der Waals surface area contributed by atoms with Gasteiger partial charge in [-0.05, 0) is 30.2 Å². The van der Waals surface area contributed by atoms with E-state index in [1.54, 1.807) is 7.11 Å². The molecule has 1 aromatic carbocycles. The maximum Gasteiger partial charge on any atom is 0.224 e. The van der Waals surface area contributed by atoms with E-state index in [1.807, 2.05) is 38.2 Å². The molecule has 1 aromatic rings. The fraction of sp³-hybridized carbons (Fsp3) is 0.588.